The highest BCUT2D eigenvalue weighted by Gasteiger charge is 2.07. The lowest BCUT2D eigenvalue weighted by Crippen LogP contribution is -2.30. The van der Waals surface area contributed by atoms with Crippen molar-refractivity contribution in [3.63, 3.8) is 0 Å². The van der Waals surface area contributed by atoms with Gasteiger partial charge < -0.3 is 15.1 Å². The van der Waals surface area contributed by atoms with Gasteiger partial charge >= 0.3 is 0 Å². The number of nitrogens with zero attached hydrogens (tertiary/aromatic N) is 1. The molecule has 146 valence electrons. The maximum Gasteiger partial charge on any atom is 0.0667 e. The third kappa shape index (κ3) is 18.2. The van der Waals surface area contributed by atoms with Crippen molar-refractivity contribution in [2.75, 3.05) is 26.7 Å². The molecule has 1 atom stereocenters. The monoisotopic (exact) mass is 343 g/mol. The van der Waals surface area contributed by atoms with E-state index in [0.717, 1.165) is 32.4 Å². The molecule has 0 aliphatic carbocycles. The fourth-order valence-electron chi connectivity index (χ4n) is 3.26. The molecule has 0 aromatic rings. The van der Waals surface area contributed by atoms with Crippen molar-refractivity contribution >= 4 is 0 Å². The Hall–Kier alpha value is -0.120. The summed E-state index contributed by atoms with van der Waals surface area (Å²) in [5.41, 5.74) is 0. The molecule has 0 aliphatic rings. The van der Waals surface area contributed by atoms with Crippen LogP contribution < -0.4 is 0 Å². The Kier molecular flexibility index (Phi) is 19.1. The summed E-state index contributed by atoms with van der Waals surface area (Å²) in [5.74, 6) is 0. The fraction of sp³-hybridized carbons (Fsp3) is 1.00. The molecule has 0 amide bonds. The van der Waals surface area contributed by atoms with E-state index in [1.165, 1.54) is 77.0 Å². The predicted octanol–water partition coefficient (Wildman–Crippen LogP) is 5.14. The van der Waals surface area contributed by atoms with Crippen molar-refractivity contribution in [1.29, 1.82) is 0 Å². The van der Waals surface area contributed by atoms with Crippen LogP contribution >= 0.6 is 0 Å². The molecular formula is C21H45NO2. The van der Waals surface area contributed by atoms with Gasteiger partial charge in [0.15, 0.2) is 0 Å². The summed E-state index contributed by atoms with van der Waals surface area (Å²) in [7, 11) is 2.10. The van der Waals surface area contributed by atoms with Crippen molar-refractivity contribution in [3.8, 4) is 0 Å². The van der Waals surface area contributed by atoms with Gasteiger partial charge in [0.25, 0.3) is 0 Å². The summed E-state index contributed by atoms with van der Waals surface area (Å²) >= 11 is 0. The van der Waals surface area contributed by atoms with E-state index in [0.29, 0.717) is 0 Å². The van der Waals surface area contributed by atoms with Gasteiger partial charge in [-0.25, -0.2) is 0 Å². The highest BCUT2D eigenvalue weighted by Crippen LogP contribution is 2.12. The first-order valence-electron chi connectivity index (χ1n) is 10.7. The van der Waals surface area contributed by atoms with Gasteiger partial charge in [-0.15, -0.1) is 0 Å². The van der Waals surface area contributed by atoms with Crippen LogP contribution in [-0.4, -0.2) is 48.0 Å². The van der Waals surface area contributed by atoms with Crippen LogP contribution in [0.15, 0.2) is 0 Å². The number of hydrogen-bond donors (Lipinski definition) is 2. The van der Waals surface area contributed by atoms with E-state index in [-0.39, 0.29) is 12.7 Å². The minimum atomic E-state index is -0.237. The van der Waals surface area contributed by atoms with Gasteiger partial charge in [0.2, 0.25) is 0 Å². The van der Waals surface area contributed by atoms with Gasteiger partial charge in [0.05, 0.1) is 6.10 Å². The minimum Gasteiger partial charge on any atom is -0.396 e. The average Bonchev–Trinajstić information content (AvgIpc) is 2.56. The second kappa shape index (κ2) is 19.2. The number of hydrogen-bond acceptors (Lipinski definition) is 3. The molecule has 2 N–H and O–H groups in total. The molecule has 3 heteroatoms. The Morgan fingerprint density at radius 1 is 0.708 bits per heavy atom. The summed E-state index contributed by atoms with van der Waals surface area (Å²) in [6.07, 6.45) is 18.9. The van der Waals surface area contributed by atoms with Crippen LogP contribution in [0.25, 0.3) is 0 Å². The van der Waals surface area contributed by atoms with E-state index in [4.69, 9.17) is 5.11 Å². The SMILES string of the molecule is CCCCCCCCCCCCCCN(C)CC(O)CCCCO. The zero-order valence-corrected chi connectivity index (χ0v) is 16.6. The number of rotatable bonds is 19. The van der Waals surface area contributed by atoms with Gasteiger partial charge in [0.1, 0.15) is 0 Å². The molecule has 0 rings (SSSR count). The quantitative estimate of drug-likeness (QED) is 0.319. The topological polar surface area (TPSA) is 43.7 Å². The maximum atomic E-state index is 9.91. The molecule has 0 aromatic carbocycles. The van der Waals surface area contributed by atoms with Gasteiger partial charge in [-0.1, -0.05) is 77.6 Å². The first-order chi connectivity index (χ1) is 11.7. The second-order valence-electron chi connectivity index (χ2n) is 7.52. The molecule has 0 aliphatic heterocycles. The van der Waals surface area contributed by atoms with Crippen LogP contribution in [0.3, 0.4) is 0 Å². The number of aliphatic hydroxyl groups excluding tert-OH is 2. The zero-order chi connectivity index (χ0) is 17.9. The smallest absolute Gasteiger partial charge is 0.0667 e. The Morgan fingerprint density at radius 3 is 1.71 bits per heavy atom. The number of aliphatic hydroxyl groups is 2. The zero-order valence-electron chi connectivity index (χ0n) is 16.6. The molecule has 0 aromatic heterocycles. The fourth-order valence-corrected chi connectivity index (χ4v) is 3.26. The highest BCUT2D eigenvalue weighted by atomic mass is 16.3. The molecule has 24 heavy (non-hydrogen) atoms. The summed E-state index contributed by atoms with van der Waals surface area (Å²) in [5, 5.41) is 18.7. The van der Waals surface area contributed by atoms with E-state index in [1.807, 2.05) is 0 Å². The Morgan fingerprint density at radius 2 is 1.21 bits per heavy atom. The average molecular weight is 344 g/mol. The Bertz CT molecular complexity index is 236. The molecule has 3 nitrogen and oxygen atoms in total. The lowest BCUT2D eigenvalue weighted by Gasteiger charge is -2.20. The third-order valence-corrected chi connectivity index (χ3v) is 4.86. The molecule has 0 bridgehead atoms. The predicted molar refractivity (Wildman–Crippen MR) is 106 cm³/mol. The summed E-state index contributed by atoms with van der Waals surface area (Å²) in [6.45, 7) is 4.37. The van der Waals surface area contributed by atoms with Crippen LogP contribution in [0.4, 0.5) is 0 Å². The lowest BCUT2D eigenvalue weighted by atomic mass is 10.1. The van der Waals surface area contributed by atoms with Crippen LogP contribution in [0.5, 0.6) is 0 Å². The molecule has 0 fully saturated rings. The van der Waals surface area contributed by atoms with E-state index in [9.17, 15) is 5.11 Å². The first kappa shape index (κ1) is 23.9. The van der Waals surface area contributed by atoms with Gasteiger partial charge in [0, 0.05) is 13.2 Å². The van der Waals surface area contributed by atoms with Crippen molar-refractivity contribution in [3.05, 3.63) is 0 Å². The first-order valence-corrected chi connectivity index (χ1v) is 10.7. The van der Waals surface area contributed by atoms with Crippen LogP contribution in [0.2, 0.25) is 0 Å². The number of likely N-dealkylation sites (N-methyl/N-ethyl adjacent to an activating group) is 1. The second-order valence-corrected chi connectivity index (χ2v) is 7.52. The van der Waals surface area contributed by atoms with Crippen LogP contribution in [-0.2, 0) is 0 Å². The van der Waals surface area contributed by atoms with Crippen LogP contribution in [0, 0.1) is 0 Å². The molecule has 0 radical (unpaired) electrons. The lowest BCUT2D eigenvalue weighted by molar-refractivity contribution is 0.112. The van der Waals surface area contributed by atoms with E-state index in [1.54, 1.807) is 0 Å². The van der Waals surface area contributed by atoms with E-state index >= 15 is 0 Å². The standard InChI is InChI=1S/C21H45NO2/c1-3-4-5-6-7-8-9-10-11-12-13-15-18-22(2)20-21(24)17-14-16-19-23/h21,23-24H,3-20H2,1-2H3. The Balaban J connectivity index is 3.23. The third-order valence-electron chi connectivity index (χ3n) is 4.86. The van der Waals surface area contributed by atoms with Crippen molar-refractivity contribution in [2.45, 2.75) is 109 Å². The van der Waals surface area contributed by atoms with Crippen molar-refractivity contribution in [1.82, 2.24) is 4.90 Å². The molecule has 0 saturated heterocycles. The van der Waals surface area contributed by atoms with Crippen molar-refractivity contribution in [2.24, 2.45) is 0 Å². The van der Waals surface area contributed by atoms with Gasteiger partial charge in [-0.3, -0.25) is 0 Å². The van der Waals surface area contributed by atoms with Gasteiger partial charge in [-0.05, 0) is 39.3 Å². The molecule has 0 saturated carbocycles. The highest BCUT2D eigenvalue weighted by molar-refractivity contribution is 4.62. The van der Waals surface area contributed by atoms with Crippen molar-refractivity contribution < 1.29 is 10.2 Å². The van der Waals surface area contributed by atoms with E-state index < -0.39 is 0 Å². The molecular weight excluding hydrogens is 298 g/mol. The van der Waals surface area contributed by atoms with E-state index in [2.05, 4.69) is 18.9 Å². The van der Waals surface area contributed by atoms with Gasteiger partial charge in [-0.2, -0.15) is 0 Å². The minimum absolute atomic E-state index is 0.237. The molecule has 0 spiro atoms. The van der Waals surface area contributed by atoms with Crippen LogP contribution in [0.1, 0.15) is 103 Å². The molecule has 0 heterocycles. The largest absolute Gasteiger partial charge is 0.396 e. The molecule has 1 unspecified atom stereocenters. The normalized spacial score (nSPS) is 12.9. The summed E-state index contributed by atoms with van der Waals surface area (Å²) < 4.78 is 0. The Labute approximate surface area is 151 Å². The summed E-state index contributed by atoms with van der Waals surface area (Å²) in [4.78, 5) is 2.25. The number of unbranched alkanes of at least 4 members (excludes halogenated alkanes) is 12. The summed E-state index contributed by atoms with van der Waals surface area (Å²) in [6, 6.07) is 0. The maximum absolute atomic E-state index is 9.91.